The Kier molecular flexibility index (Phi) is 7.58. The van der Waals surface area contributed by atoms with E-state index < -0.39 is 25.2 Å². The highest BCUT2D eigenvalue weighted by atomic mass is 32.2. The fourth-order valence-electron chi connectivity index (χ4n) is 2.44. The normalized spacial score (nSPS) is 14.9. The van der Waals surface area contributed by atoms with Crippen molar-refractivity contribution >= 4 is 58.4 Å². The molecule has 2 aromatic rings. The summed E-state index contributed by atoms with van der Waals surface area (Å²) in [6.45, 7) is -0.873. The Morgan fingerprint density at radius 3 is 1.94 bits per heavy atom. The molecule has 32 heavy (non-hydrogen) atoms. The second kappa shape index (κ2) is 10.6. The summed E-state index contributed by atoms with van der Waals surface area (Å²) >= 11 is 6.36. The predicted molar refractivity (Wildman–Crippen MR) is 122 cm³/mol. The first-order valence-corrected chi connectivity index (χ1v) is 10.3. The van der Waals surface area contributed by atoms with Gasteiger partial charge in [0.15, 0.2) is 17.5 Å². The van der Waals surface area contributed by atoms with Gasteiger partial charge >= 0.3 is 11.9 Å². The molecule has 1 saturated heterocycles. The lowest BCUT2D eigenvalue weighted by molar-refractivity contribution is -0.140. The number of aliphatic carboxylic acids is 2. The van der Waals surface area contributed by atoms with E-state index in [9.17, 15) is 14.4 Å². The number of amides is 1. The van der Waals surface area contributed by atoms with Crippen molar-refractivity contribution in [3.8, 4) is 11.5 Å². The second-order valence-corrected chi connectivity index (χ2v) is 7.92. The average Bonchev–Trinajstić information content (AvgIpc) is 3.03. The van der Waals surface area contributed by atoms with E-state index in [0.717, 1.165) is 16.8 Å². The molecule has 2 aromatic carbocycles. The van der Waals surface area contributed by atoms with E-state index in [1.54, 1.807) is 54.6 Å². The summed E-state index contributed by atoms with van der Waals surface area (Å²) in [6.07, 6.45) is 3.12. The quantitative estimate of drug-likeness (QED) is 0.322. The minimum absolute atomic E-state index is 0.278. The summed E-state index contributed by atoms with van der Waals surface area (Å²) < 4.78 is 10.4. The SMILES string of the molecule is O=C(O)COc1ccc(/C=C2\SC(=S)N(/N=C/c3ccc(OCC(=O)O)cc3)C2=O)cc1. The zero-order chi connectivity index (χ0) is 23.1. The van der Waals surface area contributed by atoms with Crippen molar-refractivity contribution in [1.82, 2.24) is 5.01 Å². The molecule has 1 aliphatic heterocycles. The van der Waals surface area contributed by atoms with Gasteiger partial charge in [-0.25, -0.2) is 9.59 Å². The molecule has 0 aliphatic carbocycles. The summed E-state index contributed by atoms with van der Waals surface area (Å²) in [6, 6.07) is 13.1. The molecule has 0 aromatic heterocycles. The Hall–Kier alpha value is -3.70. The first-order chi connectivity index (χ1) is 15.3. The zero-order valence-corrected chi connectivity index (χ0v) is 18.0. The maximum Gasteiger partial charge on any atom is 0.341 e. The topological polar surface area (TPSA) is 126 Å². The van der Waals surface area contributed by atoms with Crippen molar-refractivity contribution < 1.29 is 34.1 Å². The van der Waals surface area contributed by atoms with E-state index in [1.807, 2.05) is 0 Å². The minimum atomic E-state index is -1.07. The number of ether oxygens (including phenoxy) is 2. The number of carboxylic acid groups (broad SMARTS) is 2. The van der Waals surface area contributed by atoms with Gasteiger partial charge in [0.2, 0.25) is 0 Å². The van der Waals surface area contributed by atoms with Crippen LogP contribution in [0.4, 0.5) is 0 Å². The summed E-state index contributed by atoms with van der Waals surface area (Å²) in [5.41, 5.74) is 1.39. The van der Waals surface area contributed by atoms with E-state index in [1.165, 1.54) is 6.21 Å². The number of hydrazone groups is 1. The number of carbonyl (C=O) groups is 3. The van der Waals surface area contributed by atoms with Gasteiger partial charge in [0.1, 0.15) is 11.5 Å². The highest BCUT2D eigenvalue weighted by Gasteiger charge is 2.32. The number of rotatable bonds is 9. The summed E-state index contributed by atoms with van der Waals surface area (Å²) in [5.74, 6) is -1.70. The lowest BCUT2D eigenvalue weighted by atomic mass is 10.2. The van der Waals surface area contributed by atoms with Crippen molar-refractivity contribution in [2.75, 3.05) is 13.2 Å². The van der Waals surface area contributed by atoms with Crippen LogP contribution in [0.5, 0.6) is 11.5 Å². The van der Waals surface area contributed by atoms with Gasteiger partial charge in [-0.05, 0) is 65.8 Å². The first-order valence-electron chi connectivity index (χ1n) is 9.03. The Morgan fingerprint density at radius 2 is 1.44 bits per heavy atom. The molecule has 11 heteroatoms. The number of nitrogens with zero attached hydrogens (tertiary/aromatic N) is 2. The lowest BCUT2D eigenvalue weighted by Crippen LogP contribution is -2.22. The molecule has 1 heterocycles. The highest BCUT2D eigenvalue weighted by Crippen LogP contribution is 2.33. The number of carboxylic acids is 2. The number of hydrogen-bond donors (Lipinski definition) is 2. The van der Waals surface area contributed by atoms with E-state index in [0.29, 0.717) is 27.5 Å². The summed E-state index contributed by atoms with van der Waals surface area (Å²) in [5, 5.41) is 22.5. The minimum Gasteiger partial charge on any atom is -0.482 e. The van der Waals surface area contributed by atoms with Crippen molar-refractivity contribution in [2.24, 2.45) is 5.10 Å². The molecule has 9 nitrogen and oxygen atoms in total. The zero-order valence-electron chi connectivity index (χ0n) is 16.3. The van der Waals surface area contributed by atoms with Crippen LogP contribution in [-0.4, -0.2) is 56.8 Å². The van der Waals surface area contributed by atoms with Crippen LogP contribution in [0, 0.1) is 0 Å². The third kappa shape index (κ3) is 6.40. The maximum absolute atomic E-state index is 12.7. The van der Waals surface area contributed by atoms with E-state index in [-0.39, 0.29) is 10.2 Å². The van der Waals surface area contributed by atoms with Crippen LogP contribution in [0.2, 0.25) is 0 Å². The molecule has 1 fully saturated rings. The first kappa shape index (κ1) is 23.0. The molecule has 2 N–H and O–H groups in total. The molecule has 3 rings (SSSR count). The Balaban J connectivity index is 1.64. The van der Waals surface area contributed by atoms with Gasteiger partial charge < -0.3 is 19.7 Å². The van der Waals surface area contributed by atoms with Gasteiger partial charge in [0.05, 0.1) is 11.1 Å². The standard InChI is InChI=1S/C21H16N2O7S2/c24-18(25)11-29-15-5-1-13(2-6-15)9-17-20(28)23(21(31)32-17)22-10-14-3-7-16(8-4-14)30-12-19(26)27/h1-10H,11-12H2,(H,24,25)(H,26,27)/b17-9-,22-10+. The predicted octanol–water partition coefficient (Wildman–Crippen LogP) is 2.85. The van der Waals surface area contributed by atoms with Crippen molar-refractivity contribution in [2.45, 2.75) is 0 Å². The van der Waals surface area contributed by atoms with Gasteiger partial charge in [-0.1, -0.05) is 23.9 Å². The van der Waals surface area contributed by atoms with E-state index >= 15 is 0 Å². The monoisotopic (exact) mass is 472 g/mol. The second-order valence-electron chi connectivity index (χ2n) is 6.24. The van der Waals surface area contributed by atoms with Gasteiger partial charge in [0, 0.05) is 0 Å². The average molecular weight is 473 g/mol. The smallest absolute Gasteiger partial charge is 0.341 e. The third-order valence-corrected chi connectivity index (χ3v) is 5.16. The van der Waals surface area contributed by atoms with Crippen LogP contribution in [0.15, 0.2) is 58.5 Å². The molecule has 0 bridgehead atoms. The largest absolute Gasteiger partial charge is 0.482 e. The van der Waals surface area contributed by atoms with Gasteiger partial charge in [-0.3, -0.25) is 4.79 Å². The Bertz CT molecular complexity index is 1100. The Labute approximate surface area is 191 Å². The van der Waals surface area contributed by atoms with Crippen LogP contribution in [-0.2, 0) is 14.4 Å². The van der Waals surface area contributed by atoms with E-state index in [4.69, 9.17) is 31.9 Å². The molecule has 0 atom stereocenters. The summed E-state index contributed by atoms with van der Waals surface area (Å²) in [4.78, 5) is 34.1. The molecule has 0 saturated carbocycles. The lowest BCUT2D eigenvalue weighted by Gasteiger charge is -2.06. The number of thiocarbonyl (C=S) groups is 1. The van der Waals surface area contributed by atoms with Crippen molar-refractivity contribution in [1.29, 1.82) is 0 Å². The van der Waals surface area contributed by atoms with Gasteiger partial charge in [0.25, 0.3) is 5.91 Å². The summed E-state index contributed by atoms with van der Waals surface area (Å²) in [7, 11) is 0. The molecule has 0 radical (unpaired) electrons. The van der Waals surface area contributed by atoms with Crippen molar-refractivity contribution in [3.63, 3.8) is 0 Å². The van der Waals surface area contributed by atoms with Crippen LogP contribution in [0.25, 0.3) is 6.08 Å². The molecule has 164 valence electrons. The van der Waals surface area contributed by atoms with E-state index in [2.05, 4.69) is 5.10 Å². The third-order valence-electron chi connectivity index (χ3n) is 3.88. The van der Waals surface area contributed by atoms with Crippen LogP contribution >= 0.6 is 24.0 Å². The van der Waals surface area contributed by atoms with Crippen LogP contribution in [0.1, 0.15) is 11.1 Å². The molecular formula is C21H16N2O7S2. The molecular weight excluding hydrogens is 456 g/mol. The number of carbonyl (C=O) groups excluding carboxylic acids is 1. The van der Waals surface area contributed by atoms with Gasteiger partial charge in [-0.2, -0.15) is 10.1 Å². The van der Waals surface area contributed by atoms with Gasteiger partial charge in [-0.15, -0.1) is 0 Å². The fraction of sp³-hybridized carbons (Fsp3) is 0.0952. The number of benzene rings is 2. The fourth-order valence-corrected chi connectivity index (χ4v) is 3.61. The molecule has 1 aliphatic rings. The molecule has 1 amide bonds. The number of hydrogen-bond acceptors (Lipinski definition) is 8. The number of thioether (sulfide) groups is 1. The van der Waals surface area contributed by atoms with Crippen LogP contribution < -0.4 is 9.47 Å². The highest BCUT2D eigenvalue weighted by molar-refractivity contribution is 8.26. The van der Waals surface area contributed by atoms with Crippen LogP contribution in [0.3, 0.4) is 0 Å². The molecule has 0 unspecified atom stereocenters. The maximum atomic E-state index is 12.7. The van der Waals surface area contributed by atoms with Crippen molar-refractivity contribution in [3.05, 3.63) is 64.6 Å². The molecule has 0 spiro atoms. The Morgan fingerprint density at radius 1 is 0.938 bits per heavy atom.